The van der Waals surface area contributed by atoms with Gasteiger partial charge in [-0.3, -0.25) is 0 Å². The van der Waals surface area contributed by atoms with Gasteiger partial charge in [0, 0.05) is 5.56 Å². The first-order chi connectivity index (χ1) is 11.3. The Labute approximate surface area is 134 Å². The molecule has 0 amide bonds. The van der Waals surface area contributed by atoms with Crippen LogP contribution in [0.5, 0.6) is 0 Å². The summed E-state index contributed by atoms with van der Waals surface area (Å²) in [6.07, 6.45) is 1.64. The van der Waals surface area contributed by atoms with E-state index in [4.69, 9.17) is 0 Å². The molecular formula is C20H14N2O. The van der Waals surface area contributed by atoms with Crippen LogP contribution in [-0.2, 0) is 0 Å². The monoisotopic (exact) mass is 298 g/mol. The molecule has 0 aliphatic carbocycles. The van der Waals surface area contributed by atoms with E-state index in [1.807, 2.05) is 78.9 Å². The minimum atomic E-state index is 0.438. The number of pyridine rings is 2. The highest BCUT2D eigenvalue weighted by molar-refractivity contribution is 5.82. The molecule has 0 atom stereocenters. The van der Waals surface area contributed by atoms with Crippen LogP contribution in [0.25, 0.3) is 33.4 Å². The van der Waals surface area contributed by atoms with Crippen molar-refractivity contribution < 1.29 is 4.73 Å². The van der Waals surface area contributed by atoms with Crippen LogP contribution in [0.2, 0.25) is 0 Å². The van der Waals surface area contributed by atoms with E-state index in [0.717, 1.165) is 26.8 Å². The molecular weight excluding hydrogens is 284 g/mol. The number of hydrogen-bond donors (Lipinski definition) is 0. The molecule has 0 N–H and O–H groups in total. The average molecular weight is 298 g/mol. The number of fused-ring (bicyclic) bond motifs is 1. The fourth-order valence-corrected chi connectivity index (χ4v) is 2.83. The molecule has 0 saturated heterocycles. The normalized spacial score (nSPS) is 10.8. The van der Waals surface area contributed by atoms with Crippen LogP contribution < -0.4 is 4.73 Å². The SMILES string of the molecule is [O-][n+]1c(-c2ccccc2-c2ccccc2)ccc2cccnc21. The minimum Gasteiger partial charge on any atom is -0.710 e. The van der Waals surface area contributed by atoms with Crippen molar-refractivity contribution >= 4 is 11.0 Å². The molecule has 0 fully saturated rings. The quantitative estimate of drug-likeness (QED) is 0.411. The van der Waals surface area contributed by atoms with Gasteiger partial charge >= 0.3 is 5.65 Å². The molecule has 110 valence electrons. The summed E-state index contributed by atoms with van der Waals surface area (Å²) in [7, 11) is 0. The number of aromatic nitrogens is 2. The Morgan fingerprint density at radius 1 is 0.696 bits per heavy atom. The molecule has 0 saturated carbocycles. The molecule has 23 heavy (non-hydrogen) atoms. The summed E-state index contributed by atoms with van der Waals surface area (Å²) in [5.74, 6) is 0. The third-order valence-corrected chi connectivity index (χ3v) is 3.94. The molecule has 0 bridgehead atoms. The fraction of sp³-hybridized carbons (Fsp3) is 0. The van der Waals surface area contributed by atoms with Gasteiger partial charge < -0.3 is 5.21 Å². The maximum atomic E-state index is 12.8. The van der Waals surface area contributed by atoms with Crippen molar-refractivity contribution in [2.75, 3.05) is 0 Å². The van der Waals surface area contributed by atoms with Crippen LogP contribution in [0.4, 0.5) is 0 Å². The molecule has 0 aliphatic rings. The van der Waals surface area contributed by atoms with E-state index < -0.39 is 0 Å². The van der Waals surface area contributed by atoms with Gasteiger partial charge in [-0.25, -0.2) is 4.73 Å². The molecule has 0 spiro atoms. The largest absolute Gasteiger partial charge is 0.710 e. The maximum absolute atomic E-state index is 12.8. The van der Waals surface area contributed by atoms with Gasteiger partial charge in [0.2, 0.25) is 0 Å². The van der Waals surface area contributed by atoms with Gasteiger partial charge in [0.05, 0.1) is 5.39 Å². The summed E-state index contributed by atoms with van der Waals surface area (Å²) in [5, 5.41) is 13.6. The first-order valence-corrected chi connectivity index (χ1v) is 7.47. The van der Waals surface area contributed by atoms with Gasteiger partial charge in [0.15, 0.2) is 0 Å². The Balaban J connectivity index is 1.98. The predicted molar refractivity (Wildman–Crippen MR) is 91.6 cm³/mol. The highest BCUT2D eigenvalue weighted by Crippen LogP contribution is 2.30. The van der Waals surface area contributed by atoms with E-state index in [1.165, 1.54) is 0 Å². The van der Waals surface area contributed by atoms with E-state index in [1.54, 1.807) is 6.20 Å². The van der Waals surface area contributed by atoms with Crippen molar-refractivity contribution in [3.63, 3.8) is 0 Å². The zero-order valence-corrected chi connectivity index (χ0v) is 12.4. The smallest absolute Gasteiger partial charge is 0.333 e. The zero-order chi connectivity index (χ0) is 15.6. The van der Waals surface area contributed by atoms with Gasteiger partial charge in [0.1, 0.15) is 11.9 Å². The van der Waals surface area contributed by atoms with E-state index >= 15 is 0 Å². The minimum absolute atomic E-state index is 0.438. The van der Waals surface area contributed by atoms with E-state index in [2.05, 4.69) is 4.98 Å². The van der Waals surface area contributed by atoms with Crippen molar-refractivity contribution in [3.8, 4) is 22.4 Å². The van der Waals surface area contributed by atoms with Gasteiger partial charge in [-0.2, -0.15) is 0 Å². The molecule has 0 unspecified atom stereocenters. The Bertz CT molecular complexity index is 981. The highest BCUT2D eigenvalue weighted by atomic mass is 16.5. The van der Waals surface area contributed by atoms with Gasteiger partial charge in [-0.05, 0) is 40.4 Å². The average Bonchev–Trinajstić information content (AvgIpc) is 2.63. The molecule has 2 aromatic heterocycles. The maximum Gasteiger partial charge on any atom is 0.333 e. The van der Waals surface area contributed by atoms with E-state index in [-0.39, 0.29) is 0 Å². The van der Waals surface area contributed by atoms with Crippen molar-refractivity contribution in [2.45, 2.75) is 0 Å². The fourth-order valence-electron chi connectivity index (χ4n) is 2.83. The van der Waals surface area contributed by atoms with Crippen LogP contribution in [-0.4, -0.2) is 4.98 Å². The Kier molecular flexibility index (Phi) is 3.24. The van der Waals surface area contributed by atoms with Gasteiger partial charge in [-0.1, -0.05) is 54.6 Å². The molecule has 2 heterocycles. The highest BCUT2D eigenvalue weighted by Gasteiger charge is 2.14. The zero-order valence-electron chi connectivity index (χ0n) is 12.4. The standard InChI is InChI=1S/C20H14N2O/c23-22-19(13-12-16-9-6-14-21-20(16)22)18-11-5-4-10-17(18)15-7-2-1-3-8-15/h1-14H. The molecule has 4 rings (SSSR count). The lowest BCUT2D eigenvalue weighted by Crippen LogP contribution is -2.31. The lowest BCUT2D eigenvalue weighted by Gasteiger charge is -2.14. The second-order valence-corrected chi connectivity index (χ2v) is 5.34. The molecule has 2 aromatic carbocycles. The van der Waals surface area contributed by atoms with Crippen LogP contribution in [0.15, 0.2) is 85.1 Å². The van der Waals surface area contributed by atoms with E-state index in [0.29, 0.717) is 11.3 Å². The molecule has 3 nitrogen and oxygen atoms in total. The van der Waals surface area contributed by atoms with Gasteiger partial charge in [0.25, 0.3) is 0 Å². The second-order valence-electron chi connectivity index (χ2n) is 5.34. The predicted octanol–water partition coefficient (Wildman–Crippen LogP) is 4.20. The molecule has 3 heteroatoms. The van der Waals surface area contributed by atoms with Crippen LogP contribution >= 0.6 is 0 Å². The van der Waals surface area contributed by atoms with Crippen LogP contribution in [0, 0.1) is 5.21 Å². The summed E-state index contributed by atoms with van der Waals surface area (Å²) < 4.78 is 0.914. The summed E-state index contributed by atoms with van der Waals surface area (Å²) in [5.41, 5.74) is 4.07. The molecule has 0 radical (unpaired) electrons. The summed E-state index contributed by atoms with van der Waals surface area (Å²) in [6.45, 7) is 0. The number of rotatable bonds is 2. The van der Waals surface area contributed by atoms with Gasteiger partial charge in [-0.15, -0.1) is 0 Å². The number of nitrogens with zero attached hydrogens (tertiary/aromatic N) is 2. The topological polar surface area (TPSA) is 39.8 Å². The Hall–Kier alpha value is -3.20. The second kappa shape index (κ2) is 5.54. The lowest BCUT2D eigenvalue weighted by atomic mass is 9.97. The van der Waals surface area contributed by atoms with E-state index in [9.17, 15) is 5.21 Å². The third kappa shape index (κ3) is 2.32. The molecule has 4 aromatic rings. The number of benzene rings is 2. The summed E-state index contributed by atoms with van der Waals surface area (Å²) >= 11 is 0. The Morgan fingerprint density at radius 2 is 1.43 bits per heavy atom. The summed E-state index contributed by atoms with van der Waals surface area (Å²) in [6, 6.07) is 25.5. The molecule has 0 aliphatic heterocycles. The summed E-state index contributed by atoms with van der Waals surface area (Å²) in [4.78, 5) is 4.22. The number of hydrogen-bond acceptors (Lipinski definition) is 2. The van der Waals surface area contributed by atoms with Crippen LogP contribution in [0.1, 0.15) is 0 Å². The van der Waals surface area contributed by atoms with Crippen molar-refractivity contribution in [1.29, 1.82) is 0 Å². The third-order valence-electron chi connectivity index (χ3n) is 3.94. The first-order valence-electron chi connectivity index (χ1n) is 7.47. The Morgan fingerprint density at radius 3 is 2.26 bits per heavy atom. The van der Waals surface area contributed by atoms with Crippen LogP contribution in [0.3, 0.4) is 0 Å². The first kappa shape index (κ1) is 13.5. The lowest BCUT2D eigenvalue weighted by molar-refractivity contribution is -0.567. The van der Waals surface area contributed by atoms with Crippen molar-refractivity contribution in [2.24, 2.45) is 0 Å². The van der Waals surface area contributed by atoms with Crippen molar-refractivity contribution in [3.05, 3.63) is 90.3 Å². The van der Waals surface area contributed by atoms with Crippen molar-refractivity contribution in [1.82, 2.24) is 4.98 Å².